The molecule has 5 rings (SSSR count). The fraction of sp³-hybridized carbons (Fsp3) is 0.273. The third-order valence-corrected chi connectivity index (χ3v) is 5.37. The van der Waals surface area contributed by atoms with Gasteiger partial charge in [-0.1, -0.05) is 24.3 Å². The van der Waals surface area contributed by atoms with Crippen LogP contribution in [0.2, 0.25) is 0 Å². The molecule has 0 aliphatic heterocycles. The second-order valence-corrected chi connectivity index (χ2v) is 7.47. The van der Waals surface area contributed by atoms with Gasteiger partial charge in [-0.3, -0.25) is 9.59 Å². The first-order chi connectivity index (χ1) is 14.7. The van der Waals surface area contributed by atoms with Gasteiger partial charge in [0.1, 0.15) is 11.0 Å². The molecule has 30 heavy (non-hydrogen) atoms. The third kappa shape index (κ3) is 3.63. The topological polar surface area (TPSA) is 110 Å². The molecule has 2 heterocycles. The summed E-state index contributed by atoms with van der Waals surface area (Å²) in [5.41, 5.74) is 2.50. The maximum atomic E-state index is 12.5. The van der Waals surface area contributed by atoms with Crippen LogP contribution >= 0.6 is 0 Å². The number of hydrogen-bond donors (Lipinski definition) is 2. The Bertz CT molecular complexity index is 1060. The number of rotatable bonds is 4. The highest BCUT2D eigenvalue weighted by molar-refractivity contribution is 5.93. The van der Waals surface area contributed by atoms with Crippen LogP contribution in [0.25, 0.3) is 22.2 Å². The standard InChI is InChI=1S/C22H20N4O4/c27-19(21-25-15-5-1-3-7-17(15)29-21)23-13-9-11-14(12-10-13)24-20(28)22-26-16-6-2-4-8-18(16)30-22/h1-8,13-14H,9-12H2,(H,23,27)(H,24,28). The Morgan fingerprint density at radius 1 is 0.700 bits per heavy atom. The van der Waals surface area contributed by atoms with Gasteiger partial charge in [0.15, 0.2) is 11.2 Å². The Balaban J connectivity index is 1.15. The number of hydrogen-bond acceptors (Lipinski definition) is 6. The number of nitrogens with zero attached hydrogens (tertiary/aromatic N) is 2. The molecule has 1 aliphatic carbocycles. The minimum atomic E-state index is -0.315. The Kier molecular flexibility index (Phi) is 4.66. The fourth-order valence-electron chi connectivity index (χ4n) is 3.82. The lowest BCUT2D eigenvalue weighted by atomic mass is 9.91. The molecular formula is C22H20N4O4. The van der Waals surface area contributed by atoms with Crippen LogP contribution in [0.5, 0.6) is 0 Å². The smallest absolute Gasteiger partial charge is 0.307 e. The Hall–Kier alpha value is -3.68. The Morgan fingerprint density at radius 3 is 1.50 bits per heavy atom. The summed E-state index contributed by atoms with van der Waals surface area (Å²) >= 11 is 0. The summed E-state index contributed by atoms with van der Waals surface area (Å²) in [6, 6.07) is 14.6. The van der Waals surface area contributed by atoms with Crippen molar-refractivity contribution >= 4 is 34.0 Å². The van der Waals surface area contributed by atoms with Crippen molar-refractivity contribution in [2.75, 3.05) is 0 Å². The van der Waals surface area contributed by atoms with Crippen LogP contribution in [0.15, 0.2) is 57.4 Å². The number of aromatic nitrogens is 2. The summed E-state index contributed by atoms with van der Waals surface area (Å²) in [6.45, 7) is 0. The van der Waals surface area contributed by atoms with Crippen molar-refractivity contribution in [3.8, 4) is 0 Å². The van der Waals surface area contributed by atoms with Gasteiger partial charge in [-0.25, -0.2) is 9.97 Å². The number of nitrogens with one attached hydrogen (secondary N) is 2. The largest absolute Gasteiger partial charge is 0.432 e. The summed E-state index contributed by atoms with van der Waals surface area (Å²) in [7, 11) is 0. The van der Waals surface area contributed by atoms with E-state index in [0.717, 1.165) is 25.7 Å². The highest BCUT2D eigenvalue weighted by Crippen LogP contribution is 2.21. The molecule has 4 aromatic rings. The molecule has 8 heteroatoms. The Morgan fingerprint density at radius 2 is 1.10 bits per heavy atom. The number of carbonyl (C=O) groups excluding carboxylic acids is 2. The summed E-state index contributed by atoms with van der Waals surface area (Å²) < 4.78 is 11.0. The van der Waals surface area contributed by atoms with Crippen LogP contribution in [0.3, 0.4) is 0 Å². The average molecular weight is 404 g/mol. The zero-order chi connectivity index (χ0) is 20.5. The number of oxazole rings is 2. The highest BCUT2D eigenvalue weighted by Gasteiger charge is 2.26. The van der Waals surface area contributed by atoms with E-state index in [2.05, 4.69) is 20.6 Å². The van der Waals surface area contributed by atoms with E-state index in [1.165, 1.54) is 0 Å². The van der Waals surface area contributed by atoms with E-state index in [1.807, 2.05) is 24.3 Å². The second kappa shape index (κ2) is 7.62. The van der Waals surface area contributed by atoms with E-state index in [0.29, 0.717) is 22.2 Å². The Labute approximate surface area is 171 Å². The first-order valence-corrected chi connectivity index (χ1v) is 9.98. The van der Waals surface area contributed by atoms with Crippen molar-refractivity contribution in [3.05, 3.63) is 60.3 Å². The van der Waals surface area contributed by atoms with Gasteiger partial charge in [0.2, 0.25) is 0 Å². The maximum absolute atomic E-state index is 12.5. The van der Waals surface area contributed by atoms with E-state index in [9.17, 15) is 9.59 Å². The van der Waals surface area contributed by atoms with Crippen LogP contribution in [-0.4, -0.2) is 33.9 Å². The molecule has 0 spiro atoms. The van der Waals surface area contributed by atoms with Crippen molar-refractivity contribution in [1.82, 2.24) is 20.6 Å². The SMILES string of the molecule is O=C(NC1CCC(NC(=O)c2nc3ccccc3o2)CC1)c1nc2ccccc2o1. The van der Waals surface area contributed by atoms with Crippen molar-refractivity contribution < 1.29 is 18.4 Å². The maximum Gasteiger partial charge on any atom is 0.307 e. The molecule has 8 nitrogen and oxygen atoms in total. The van der Waals surface area contributed by atoms with Gasteiger partial charge in [-0.15, -0.1) is 0 Å². The van der Waals surface area contributed by atoms with Crippen molar-refractivity contribution in [1.29, 1.82) is 0 Å². The summed E-state index contributed by atoms with van der Waals surface area (Å²) in [4.78, 5) is 33.4. The van der Waals surface area contributed by atoms with E-state index in [1.54, 1.807) is 24.3 Å². The summed E-state index contributed by atoms with van der Waals surface area (Å²) in [5.74, 6) is -0.486. The van der Waals surface area contributed by atoms with Crippen LogP contribution in [0, 0.1) is 0 Å². The van der Waals surface area contributed by atoms with Gasteiger partial charge < -0.3 is 19.5 Å². The summed E-state index contributed by atoms with van der Waals surface area (Å²) in [6.07, 6.45) is 3.02. The molecule has 2 N–H and O–H groups in total. The lowest BCUT2D eigenvalue weighted by Gasteiger charge is -2.29. The molecule has 1 aliphatic rings. The number of fused-ring (bicyclic) bond motifs is 2. The molecular weight excluding hydrogens is 384 g/mol. The molecule has 1 fully saturated rings. The molecule has 0 bridgehead atoms. The first kappa shape index (κ1) is 18.4. The monoisotopic (exact) mass is 404 g/mol. The quantitative estimate of drug-likeness (QED) is 0.539. The molecule has 2 aromatic heterocycles. The van der Waals surface area contributed by atoms with Gasteiger partial charge in [0.25, 0.3) is 11.8 Å². The number of para-hydroxylation sites is 4. The van der Waals surface area contributed by atoms with Gasteiger partial charge >= 0.3 is 11.8 Å². The normalized spacial score (nSPS) is 19.1. The molecule has 0 atom stereocenters. The van der Waals surface area contributed by atoms with E-state index < -0.39 is 0 Å². The predicted molar refractivity (Wildman–Crippen MR) is 109 cm³/mol. The van der Waals surface area contributed by atoms with E-state index in [-0.39, 0.29) is 35.7 Å². The molecule has 152 valence electrons. The van der Waals surface area contributed by atoms with Gasteiger partial charge in [-0.05, 0) is 49.9 Å². The van der Waals surface area contributed by atoms with Crippen molar-refractivity contribution in [2.24, 2.45) is 0 Å². The molecule has 1 saturated carbocycles. The predicted octanol–water partition coefficient (Wildman–Crippen LogP) is 3.44. The van der Waals surface area contributed by atoms with Crippen LogP contribution in [-0.2, 0) is 0 Å². The van der Waals surface area contributed by atoms with Crippen LogP contribution < -0.4 is 10.6 Å². The number of amides is 2. The van der Waals surface area contributed by atoms with Crippen molar-refractivity contribution in [3.63, 3.8) is 0 Å². The zero-order valence-electron chi connectivity index (χ0n) is 16.1. The average Bonchev–Trinajstić information content (AvgIpc) is 3.39. The number of carbonyl (C=O) groups is 2. The lowest BCUT2D eigenvalue weighted by molar-refractivity contribution is 0.0859. The first-order valence-electron chi connectivity index (χ1n) is 9.98. The third-order valence-electron chi connectivity index (χ3n) is 5.37. The van der Waals surface area contributed by atoms with Gasteiger partial charge in [0.05, 0.1) is 0 Å². The highest BCUT2D eigenvalue weighted by atomic mass is 16.4. The summed E-state index contributed by atoms with van der Waals surface area (Å²) in [5, 5.41) is 5.96. The molecule has 2 aromatic carbocycles. The zero-order valence-corrected chi connectivity index (χ0v) is 16.1. The molecule has 0 saturated heterocycles. The minimum absolute atomic E-state index is 0.0185. The molecule has 0 radical (unpaired) electrons. The minimum Gasteiger partial charge on any atom is -0.432 e. The van der Waals surface area contributed by atoms with E-state index in [4.69, 9.17) is 8.83 Å². The van der Waals surface area contributed by atoms with Crippen LogP contribution in [0.4, 0.5) is 0 Å². The van der Waals surface area contributed by atoms with E-state index >= 15 is 0 Å². The fourth-order valence-corrected chi connectivity index (χ4v) is 3.82. The van der Waals surface area contributed by atoms with Gasteiger partial charge in [-0.2, -0.15) is 0 Å². The lowest BCUT2D eigenvalue weighted by Crippen LogP contribution is -2.44. The van der Waals surface area contributed by atoms with Crippen LogP contribution in [0.1, 0.15) is 47.1 Å². The van der Waals surface area contributed by atoms with Gasteiger partial charge in [0, 0.05) is 12.1 Å². The van der Waals surface area contributed by atoms with Crippen molar-refractivity contribution in [2.45, 2.75) is 37.8 Å². The second-order valence-electron chi connectivity index (χ2n) is 7.47. The molecule has 0 unspecified atom stereocenters. The molecule has 2 amide bonds. The number of benzene rings is 2.